The number of rotatable bonds is 6. The van der Waals surface area contributed by atoms with Gasteiger partial charge in [-0.3, -0.25) is 24.1 Å². The summed E-state index contributed by atoms with van der Waals surface area (Å²) >= 11 is 0. The number of aromatic hydroxyl groups is 1. The van der Waals surface area contributed by atoms with Crippen molar-refractivity contribution in [2.24, 2.45) is 23.0 Å². The lowest BCUT2D eigenvalue weighted by Crippen LogP contribution is -2.65. The lowest BCUT2D eigenvalue weighted by Gasteiger charge is -2.50. The molecule has 1 fully saturated rings. The first-order chi connectivity index (χ1) is 19.3. The number of nitrogens with two attached hydrogens (primary N) is 1. The minimum absolute atomic E-state index is 0.0243. The zero-order chi connectivity index (χ0) is 31.6. The van der Waals surface area contributed by atoms with E-state index in [9.17, 15) is 39.6 Å². The van der Waals surface area contributed by atoms with Gasteiger partial charge in [0.25, 0.3) is 5.91 Å². The third-order valence-electron chi connectivity index (χ3n) is 8.82. The standard InChI is InChI=1S/C31H41N3O8/c1-13(2)16-10-14(8-9-33-29(41)30(3,4)5)23(35)20-17(16)11-15-12-18-22(34(6)7)25(37)21(28(32)40)27(39)31(18,42)26(38)19(15)24(20)36/h10,13,15,18,22,35-36,39,42H,8-9,11-12H2,1-7H3,(H2,32,40)(H,33,41)/t15-,18-,22+,31-/m0/s1. The molecule has 1 aromatic rings. The normalized spacial score (nSPS) is 25.9. The first kappa shape index (κ1) is 31.2. The van der Waals surface area contributed by atoms with E-state index in [1.54, 1.807) is 34.9 Å². The molecular formula is C31H41N3O8. The van der Waals surface area contributed by atoms with Crippen molar-refractivity contribution in [3.63, 3.8) is 0 Å². The second kappa shape index (κ2) is 10.5. The summed E-state index contributed by atoms with van der Waals surface area (Å²) in [4.78, 5) is 53.3. The number of ketones is 2. The molecule has 0 heterocycles. The van der Waals surface area contributed by atoms with Gasteiger partial charge >= 0.3 is 0 Å². The van der Waals surface area contributed by atoms with Crippen LogP contribution >= 0.6 is 0 Å². The molecule has 1 saturated carbocycles. The Hall–Kier alpha value is -3.70. The van der Waals surface area contributed by atoms with Crippen molar-refractivity contribution in [3.8, 4) is 5.75 Å². The Kier molecular flexibility index (Phi) is 7.84. The Morgan fingerprint density at radius 1 is 1.17 bits per heavy atom. The van der Waals surface area contributed by atoms with Crippen LogP contribution in [0.1, 0.15) is 69.2 Å². The molecule has 3 aliphatic carbocycles. The first-order valence-corrected chi connectivity index (χ1v) is 14.2. The van der Waals surface area contributed by atoms with E-state index in [2.05, 4.69) is 5.32 Å². The van der Waals surface area contributed by atoms with Gasteiger partial charge in [0.1, 0.15) is 22.8 Å². The maximum Gasteiger partial charge on any atom is 0.255 e. The van der Waals surface area contributed by atoms with Gasteiger partial charge in [-0.25, -0.2) is 0 Å². The predicted octanol–water partition coefficient (Wildman–Crippen LogP) is 1.79. The van der Waals surface area contributed by atoms with Crippen molar-refractivity contribution >= 4 is 29.1 Å². The highest BCUT2D eigenvalue weighted by Crippen LogP contribution is 2.53. The van der Waals surface area contributed by atoms with E-state index in [4.69, 9.17) is 5.73 Å². The van der Waals surface area contributed by atoms with Gasteiger partial charge in [-0.1, -0.05) is 40.7 Å². The Morgan fingerprint density at radius 2 is 1.79 bits per heavy atom. The van der Waals surface area contributed by atoms with Crippen molar-refractivity contribution in [2.45, 2.75) is 71.4 Å². The molecule has 0 unspecified atom stereocenters. The van der Waals surface area contributed by atoms with Crippen LogP contribution < -0.4 is 11.1 Å². The summed E-state index contributed by atoms with van der Waals surface area (Å²) in [5, 5.41) is 48.6. The Labute approximate surface area is 245 Å². The van der Waals surface area contributed by atoms with Crippen LogP contribution in [-0.4, -0.2) is 81.0 Å². The zero-order valence-electron chi connectivity index (χ0n) is 25.2. The molecule has 0 aliphatic heterocycles. The number of nitrogens with zero attached hydrogens (tertiary/aromatic N) is 1. The molecule has 4 atom stereocenters. The van der Waals surface area contributed by atoms with Crippen molar-refractivity contribution in [3.05, 3.63) is 45.2 Å². The number of phenols is 1. The van der Waals surface area contributed by atoms with Crippen LogP contribution in [0, 0.1) is 17.3 Å². The second-order valence-electron chi connectivity index (χ2n) is 13.2. The van der Waals surface area contributed by atoms with E-state index in [1.807, 2.05) is 19.9 Å². The predicted molar refractivity (Wildman–Crippen MR) is 155 cm³/mol. The summed E-state index contributed by atoms with van der Waals surface area (Å²) in [5.41, 5.74) is 3.09. The maximum absolute atomic E-state index is 14.1. The molecule has 0 spiro atoms. The topological polar surface area (TPSA) is 190 Å². The van der Waals surface area contributed by atoms with Crippen LogP contribution in [0.5, 0.6) is 5.75 Å². The highest BCUT2D eigenvalue weighted by atomic mass is 16.3. The zero-order valence-corrected chi connectivity index (χ0v) is 25.2. The molecular weight excluding hydrogens is 542 g/mol. The summed E-state index contributed by atoms with van der Waals surface area (Å²) < 4.78 is 0. The van der Waals surface area contributed by atoms with Crippen molar-refractivity contribution < 1.29 is 39.6 Å². The van der Waals surface area contributed by atoms with Gasteiger partial charge in [-0.2, -0.15) is 0 Å². The summed E-state index contributed by atoms with van der Waals surface area (Å²) in [6.45, 7) is 9.54. The molecule has 4 rings (SSSR count). The van der Waals surface area contributed by atoms with Crippen LogP contribution in [0.2, 0.25) is 0 Å². The first-order valence-electron chi connectivity index (χ1n) is 14.2. The number of phenolic OH excluding ortho intramolecular Hbond substituents is 1. The Bertz CT molecular complexity index is 1450. The third-order valence-corrected chi connectivity index (χ3v) is 8.82. The van der Waals surface area contributed by atoms with E-state index < -0.39 is 63.5 Å². The van der Waals surface area contributed by atoms with Gasteiger partial charge in [-0.15, -0.1) is 0 Å². The van der Waals surface area contributed by atoms with Crippen LogP contribution in [0.3, 0.4) is 0 Å². The highest BCUT2D eigenvalue weighted by molar-refractivity contribution is 6.24. The fourth-order valence-corrected chi connectivity index (χ4v) is 6.68. The number of primary amides is 1. The maximum atomic E-state index is 14.1. The van der Waals surface area contributed by atoms with Gasteiger partial charge in [0, 0.05) is 23.5 Å². The SMILES string of the molecule is CC(C)c1cc(CCNC(=O)C(C)(C)C)c(O)c2c1C[C@H]1C[C@H]3[C@@H](N(C)C)C(=O)C(C(N)=O)=C(O)[C@@]3(O)C(=O)C1=C2O. The average Bonchev–Trinajstić information content (AvgIpc) is 2.86. The molecule has 3 aliphatic rings. The lowest BCUT2D eigenvalue weighted by molar-refractivity contribution is -0.153. The molecule has 0 radical (unpaired) electrons. The molecule has 7 N–H and O–H groups in total. The molecule has 0 bridgehead atoms. The molecule has 11 heteroatoms. The van der Waals surface area contributed by atoms with Crippen molar-refractivity contribution in [1.29, 1.82) is 0 Å². The monoisotopic (exact) mass is 583 g/mol. The number of hydrogen-bond donors (Lipinski definition) is 6. The Balaban J connectivity index is 1.87. The average molecular weight is 584 g/mol. The number of Topliss-reactive ketones (excluding diaryl/α,β-unsaturated/α-hetero) is 2. The molecule has 42 heavy (non-hydrogen) atoms. The number of benzene rings is 1. The number of fused-ring (bicyclic) bond motifs is 3. The number of hydrogen-bond acceptors (Lipinski definition) is 9. The van der Waals surface area contributed by atoms with E-state index in [0.29, 0.717) is 11.1 Å². The minimum Gasteiger partial charge on any atom is -0.508 e. The van der Waals surface area contributed by atoms with Crippen LogP contribution in [0.4, 0.5) is 0 Å². The number of carbonyl (C=O) groups is 4. The summed E-state index contributed by atoms with van der Waals surface area (Å²) in [5.74, 6) is -6.94. The summed E-state index contributed by atoms with van der Waals surface area (Å²) in [6.07, 6.45) is 0.520. The van der Waals surface area contributed by atoms with E-state index in [-0.39, 0.29) is 54.5 Å². The number of nitrogens with one attached hydrogen (secondary N) is 1. The smallest absolute Gasteiger partial charge is 0.255 e. The summed E-state index contributed by atoms with van der Waals surface area (Å²) in [6, 6.07) is 0.716. The second-order valence-corrected chi connectivity index (χ2v) is 13.2. The van der Waals surface area contributed by atoms with Crippen LogP contribution in [0.15, 0.2) is 23.0 Å². The number of likely N-dealkylation sites (N-methyl/N-ethyl adjacent to an activating group) is 1. The van der Waals surface area contributed by atoms with Gasteiger partial charge in [0.15, 0.2) is 11.4 Å². The minimum atomic E-state index is -2.68. The summed E-state index contributed by atoms with van der Waals surface area (Å²) in [7, 11) is 3.13. The quantitative estimate of drug-likeness (QED) is 0.271. The van der Waals surface area contributed by atoms with Crippen molar-refractivity contribution in [1.82, 2.24) is 10.2 Å². The molecule has 1 aromatic carbocycles. The fraction of sp³-hybridized carbons (Fsp3) is 0.548. The van der Waals surface area contributed by atoms with Crippen molar-refractivity contribution in [2.75, 3.05) is 20.6 Å². The fourth-order valence-electron chi connectivity index (χ4n) is 6.68. The van der Waals surface area contributed by atoms with Gasteiger partial charge in [0.2, 0.25) is 11.7 Å². The third kappa shape index (κ3) is 4.68. The van der Waals surface area contributed by atoms with Crippen LogP contribution in [0.25, 0.3) is 5.76 Å². The van der Waals surface area contributed by atoms with E-state index in [0.717, 1.165) is 5.56 Å². The van der Waals surface area contributed by atoms with Gasteiger partial charge < -0.3 is 31.5 Å². The van der Waals surface area contributed by atoms with Gasteiger partial charge in [-0.05, 0) is 61.9 Å². The van der Waals surface area contributed by atoms with Crippen LogP contribution in [-0.2, 0) is 32.0 Å². The molecule has 0 saturated heterocycles. The number of amides is 2. The molecule has 11 nitrogen and oxygen atoms in total. The number of carbonyl (C=O) groups excluding carboxylic acids is 4. The highest BCUT2D eigenvalue weighted by Gasteiger charge is 2.64. The lowest BCUT2D eigenvalue weighted by atomic mass is 9.57. The molecule has 228 valence electrons. The Morgan fingerprint density at radius 3 is 2.31 bits per heavy atom. The number of aliphatic hydroxyl groups is 3. The molecule has 2 amide bonds. The van der Waals surface area contributed by atoms with E-state index >= 15 is 0 Å². The number of aliphatic hydroxyl groups excluding tert-OH is 2. The van der Waals surface area contributed by atoms with E-state index in [1.165, 1.54) is 4.90 Å². The molecule has 0 aromatic heterocycles. The largest absolute Gasteiger partial charge is 0.508 e. The van der Waals surface area contributed by atoms with Gasteiger partial charge in [0.05, 0.1) is 11.6 Å².